The molecule has 0 unspecified atom stereocenters. The van der Waals surface area contributed by atoms with Crippen LogP contribution in [0.1, 0.15) is 28.9 Å². The van der Waals surface area contributed by atoms with Crippen molar-refractivity contribution in [2.45, 2.75) is 13.0 Å². The number of amides is 2. The van der Waals surface area contributed by atoms with E-state index in [1.165, 1.54) is 14.2 Å². The fraction of sp³-hybridized carbons (Fsp3) is 0.190. The smallest absolute Gasteiger partial charge is 0.343 e. The lowest BCUT2D eigenvalue weighted by Crippen LogP contribution is -2.45. The van der Waals surface area contributed by atoms with Gasteiger partial charge in [0.2, 0.25) is 0 Å². The summed E-state index contributed by atoms with van der Waals surface area (Å²) >= 11 is 0. The van der Waals surface area contributed by atoms with Gasteiger partial charge in [0.25, 0.3) is 0 Å². The first-order valence-electron chi connectivity index (χ1n) is 8.76. The van der Waals surface area contributed by atoms with Crippen LogP contribution in [-0.2, 0) is 9.53 Å². The summed E-state index contributed by atoms with van der Waals surface area (Å²) < 4.78 is 15.6. The zero-order chi connectivity index (χ0) is 21.0. The molecule has 8 nitrogen and oxygen atoms in total. The number of hydrogen-bond donors (Lipinski definition) is 2. The lowest BCUT2D eigenvalue weighted by molar-refractivity contribution is -0.136. The van der Waals surface area contributed by atoms with E-state index in [0.29, 0.717) is 16.8 Å². The van der Waals surface area contributed by atoms with Crippen molar-refractivity contribution < 1.29 is 28.6 Å². The lowest BCUT2D eigenvalue weighted by Gasteiger charge is -2.28. The Hall–Kier alpha value is -3.81. The van der Waals surface area contributed by atoms with E-state index in [9.17, 15) is 14.4 Å². The number of esters is 2. The molecular formula is C21H20N2O6. The van der Waals surface area contributed by atoms with E-state index in [1.807, 2.05) is 0 Å². The van der Waals surface area contributed by atoms with Gasteiger partial charge in [-0.1, -0.05) is 24.3 Å². The van der Waals surface area contributed by atoms with Crippen LogP contribution in [0.15, 0.2) is 59.8 Å². The number of ether oxygens (including phenoxy) is 3. The fourth-order valence-electron chi connectivity index (χ4n) is 3.01. The molecule has 0 saturated carbocycles. The fourth-order valence-corrected chi connectivity index (χ4v) is 3.01. The van der Waals surface area contributed by atoms with Gasteiger partial charge in [0.05, 0.1) is 31.4 Å². The minimum atomic E-state index is -0.746. The summed E-state index contributed by atoms with van der Waals surface area (Å²) in [4.78, 5) is 36.5. The predicted molar refractivity (Wildman–Crippen MR) is 104 cm³/mol. The molecular weight excluding hydrogens is 376 g/mol. The first-order valence-corrected chi connectivity index (χ1v) is 8.76. The summed E-state index contributed by atoms with van der Waals surface area (Å²) in [5.74, 6) is -0.608. The van der Waals surface area contributed by atoms with E-state index in [4.69, 9.17) is 14.2 Å². The Labute approximate surface area is 167 Å². The van der Waals surface area contributed by atoms with E-state index in [1.54, 1.807) is 55.5 Å². The van der Waals surface area contributed by atoms with E-state index < -0.39 is 24.0 Å². The molecule has 0 spiro atoms. The molecule has 2 aromatic rings. The third kappa shape index (κ3) is 4.21. The number of methoxy groups -OCH3 is 2. The minimum absolute atomic E-state index is 0.214. The third-order valence-corrected chi connectivity index (χ3v) is 4.41. The molecule has 0 aromatic heterocycles. The van der Waals surface area contributed by atoms with Crippen LogP contribution in [0, 0.1) is 0 Å². The standard InChI is InChI=1S/C21H20N2O6/c1-12-17(20(25)28-3)18(23-21(26)22-12)14-9-10-15(16(11-14)27-2)29-19(24)13-7-5-4-6-8-13/h4-11,18H,1-3H3,(H2,22,23,26)/t18-/m1/s1. The highest BCUT2D eigenvalue weighted by Crippen LogP contribution is 2.34. The number of hydrogen-bond acceptors (Lipinski definition) is 6. The normalized spacial score (nSPS) is 15.8. The highest BCUT2D eigenvalue weighted by molar-refractivity contribution is 5.95. The zero-order valence-corrected chi connectivity index (χ0v) is 16.1. The van der Waals surface area contributed by atoms with Crippen molar-refractivity contribution in [3.8, 4) is 11.5 Å². The van der Waals surface area contributed by atoms with Crippen LogP contribution >= 0.6 is 0 Å². The molecule has 1 aliphatic heterocycles. The largest absolute Gasteiger partial charge is 0.493 e. The molecule has 0 fully saturated rings. The first kappa shape index (κ1) is 19.9. The van der Waals surface area contributed by atoms with Gasteiger partial charge < -0.3 is 24.8 Å². The van der Waals surface area contributed by atoms with Crippen LogP contribution in [-0.4, -0.2) is 32.2 Å². The highest BCUT2D eigenvalue weighted by Gasteiger charge is 2.32. The summed E-state index contributed by atoms with van der Waals surface area (Å²) in [6, 6.07) is 12.2. The summed E-state index contributed by atoms with van der Waals surface area (Å²) in [6.45, 7) is 1.62. The Morgan fingerprint density at radius 1 is 0.966 bits per heavy atom. The van der Waals surface area contributed by atoms with Crippen molar-refractivity contribution in [3.05, 3.63) is 70.9 Å². The lowest BCUT2D eigenvalue weighted by atomic mass is 9.95. The Balaban J connectivity index is 1.93. The maximum atomic E-state index is 12.3. The van der Waals surface area contributed by atoms with E-state index in [2.05, 4.69) is 10.6 Å². The van der Waals surface area contributed by atoms with E-state index >= 15 is 0 Å². The maximum Gasteiger partial charge on any atom is 0.343 e. The van der Waals surface area contributed by atoms with Gasteiger partial charge >= 0.3 is 18.0 Å². The van der Waals surface area contributed by atoms with Crippen LogP contribution in [0.4, 0.5) is 4.79 Å². The van der Waals surface area contributed by atoms with Crippen molar-refractivity contribution in [1.82, 2.24) is 10.6 Å². The Morgan fingerprint density at radius 3 is 2.34 bits per heavy atom. The zero-order valence-electron chi connectivity index (χ0n) is 16.1. The summed E-state index contributed by atoms with van der Waals surface area (Å²) in [7, 11) is 2.70. The first-order chi connectivity index (χ1) is 13.9. The second kappa shape index (κ2) is 8.47. The molecule has 1 heterocycles. The van der Waals surface area contributed by atoms with Crippen LogP contribution < -0.4 is 20.1 Å². The van der Waals surface area contributed by atoms with Crippen molar-refractivity contribution in [3.63, 3.8) is 0 Å². The molecule has 1 aliphatic rings. The van der Waals surface area contributed by atoms with Gasteiger partial charge in [0.15, 0.2) is 11.5 Å². The summed E-state index contributed by atoms with van der Waals surface area (Å²) in [5.41, 5.74) is 1.62. The van der Waals surface area contributed by atoms with Crippen molar-refractivity contribution in [2.75, 3.05) is 14.2 Å². The molecule has 0 aliphatic carbocycles. The van der Waals surface area contributed by atoms with Crippen LogP contribution in [0.2, 0.25) is 0 Å². The number of carbonyl (C=O) groups is 3. The number of benzene rings is 2. The molecule has 29 heavy (non-hydrogen) atoms. The molecule has 0 saturated heterocycles. The molecule has 0 radical (unpaired) electrons. The van der Waals surface area contributed by atoms with Crippen LogP contribution in [0.25, 0.3) is 0 Å². The molecule has 2 amide bonds. The summed E-state index contributed by atoms with van der Waals surface area (Å²) in [5, 5.41) is 5.25. The molecule has 2 aromatic carbocycles. The number of urea groups is 1. The van der Waals surface area contributed by atoms with Gasteiger partial charge in [0, 0.05) is 5.70 Å². The van der Waals surface area contributed by atoms with E-state index in [-0.39, 0.29) is 17.1 Å². The molecule has 3 rings (SSSR count). The molecule has 0 bridgehead atoms. The average molecular weight is 396 g/mol. The summed E-state index contributed by atoms with van der Waals surface area (Å²) in [6.07, 6.45) is 0. The van der Waals surface area contributed by atoms with Crippen LogP contribution in [0.5, 0.6) is 11.5 Å². The van der Waals surface area contributed by atoms with Crippen molar-refractivity contribution >= 4 is 18.0 Å². The number of rotatable bonds is 5. The maximum absolute atomic E-state index is 12.3. The Kier molecular flexibility index (Phi) is 5.82. The highest BCUT2D eigenvalue weighted by atomic mass is 16.6. The number of nitrogens with one attached hydrogen (secondary N) is 2. The van der Waals surface area contributed by atoms with Gasteiger partial charge in [-0.3, -0.25) is 0 Å². The van der Waals surface area contributed by atoms with Crippen LogP contribution in [0.3, 0.4) is 0 Å². The monoisotopic (exact) mass is 396 g/mol. The topological polar surface area (TPSA) is 103 Å². The average Bonchev–Trinajstić information content (AvgIpc) is 2.73. The molecule has 2 N–H and O–H groups in total. The number of carbonyl (C=O) groups excluding carboxylic acids is 3. The van der Waals surface area contributed by atoms with Gasteiger partial charge in [-0.2, -0.15) is 0 Å². The molecule has 8 heteroatoms. The SMILES string of the molecule is COC(=O)C1=C(C)NC(=O)N[C@@H]1c1ccc(OC(=O)c2ccccc2)c(OC)c1. The van der Waals surface area contributed by atoms with Crippen molar-refractivity contribution in [1.29, 1.82) is 0 Å². The van der Waals surface area contributed by atoms with Gasteiger partial charge in [-0.25, -0.2) is 14.4 Å². The van der Waals surface area contributed by atoms with Gasteiger partial charge in [0.1, 0.15) is 0 Å². The number of allylic oxidation sites excluding steroid dienone is 1. The molecule has 1 atom stereocenters. The minimum Gasteiger partial charge on any atom is -0.493 e. The van der Waals surface area contributed by atoms with Gasteiger partial charge in [-0.05, 0) is 36.8 Å². The Morgan fingerprint density at radius 2 is 1.69 bits per heavy atom. The van der Waals surface area contributed by atoms with Gasteiger partial charge in [-0.15, -0.1) is 0 Å². The van der Waals surface area contributed by atoms with E-state index in [0.717, 1.165) is 0 Å². The Bertz CT molecular complexity index is 984. The third-order valence-electron chi connectivity index (χ3n) is 4.41. The molecule has 150 valence electrons. The second-order valence-corrected chi connectivity index (χ2v) is 6.23. The van der Waals surface area contributed by atoms with Crippen molar-refractivity contribution in [2.24, 2.45) is 0 Å². The quantitative estimate of drug-likeness (QED) is 0.595. The predicted octanol–water partition coefficient (Wildman–Crippen LogP) is 2.72. The second-order valence-electron chi connectivity index (χ2n) is 6.23.